The van der Waals surface area contributed by atoms with E-state index in [0.717, 1.165) is 130 Å². The molecule has 4 aliphatic rings. The number of likely N-dealkylation sites (N-methyl/N-ethyl adjacent to an activating group) is 1. The SMILES string of the molecule is CN(C)CCOc1ccccc1Cn1cnc2ccc(C(=O)N3CCN(CC4CCN(CC(=O)N5CCC(CC[C@H](NC(=O)C6(N)CCN(c7ncnc8[nH]ccc78)CC6)c6ccc(Cl)cc6)CC5)CC4)CC3)nc21. The monoisotopic (exact) mass is 1040 g/mol. The Morgan fingerprint density at radius 2 is 1.59 bits per heavy atom. The van der Waals surface area contributed by atoms with Crippen molar-refractivity contribution < 1.29 is 19.1 Å². The van der Waals surface area contributed by atoms with Crippen molar-refractivity contribution in [2.75, 3.05) is 111 Å². The Hall–Kier alpha value is -6.18. The van der Waals surface area contributed by atoms with Crippen molar-refractivity contribution >= 4 is 57.3 Å². The van der Waals surface area contributed by atoms with E-state index in [4.69, 9.17) is 27.1 Å². The Morgan fingerprint density at radius 3 is 2.35 bits per heavy atom. The van der Waals surface area contributed by atoms with Crippen LogP contribution in [-0.2, 0) is 16.1 Å². The second-order valence-electron chi connectivity index (χ2n) is 21.5. The average molecular weight is 1040 g/mol. The lowest BCUT2D eigenvalue weighted by atomic mass is 9.85. The molecule has 0 unspecified atom stereocenters. The molecule has 6 aromatic rings. The van der Waals surface area contributed by atoms with Crippen LogP contribution in [0.1, 0.15) is 79.0 Å². The molecule has 75 heavy (non-hydrogen) atoms. The molecule has 0 spiro atoms. The molecule has 3 amide bonds. The normalized spacial score (nSPS) is 18.8. The molecule has 10 rings (SSSR count). The molecular formula is C56H73ClN14O4. The van der Waals surface area contributed by atoms with Gasteiger partial charge in [0.25, 0.3) is 5.91 Å². The number of aromatic amines is 1. The van der Waals surface area contributed by atoms with Gasteiger partial charge in [-0.15, -0.1) is 0 Å². The lowest BCUT2D eigenvalue weighted by molar-refractivity contribution is -0.134. The van der Waals surface area contributed by atoms with Crippen LogP contribution in [0.2, 0.25) is 5.02 Å². The first-order valence-electron chi connectivity index (χ1n) is 27.0. The van der Waals surface area contributed by atoms with Crippen LogP contribution in [0, 0.1) is 11.8 Å². The fraction of sp³-hybridized carbons (Fsp3) is 0.518. The lowest BCUT2D eigenvalue weighted by Crippen LogP contribution is -2.60. The number of hydrogen-bond acceptors (Lipinski definition) is 13. The number of anilines is 1. The number of piperidine rings is 3. The molecule has 0 bridgehead atoms. The van der Waals surface area contributed by atoms with Crippen LogP contribution in [0.3, 0.4) is 0 Å². The fourth-order valence-corrected chi connectivity index (χ4v) is 11.5. The summed E-state index contributed by atoms with van der Waals surface area (Å²) in [5, 5.41) is 4.97. The number of benzene rings is 2. The molecule has 19 heteroatoms. The van der Waals surface area contributed by atoms with E-state index >= 15 is 0 Å². The van der Waals surface area contributed by atoms with Gasteiger partial charge < -0.3 is 44.9 Å². The zero-order valence-electron chi connectivity index (χ0n) is 43.6. The number of ether oxygens (including phenoxy) is 1. The molecular weight excluding hydrogens is 968 g/mol. The molecule has 0 radical (unpaired) electrons. The minimum Gasteiger partial charge on any atom is -0.492 e. The van der Waals surface area contributed by atoms with Gasteiger partial charge in [0.2, 0.25) is 11.8 Å². The minimum atomic E-state index is -0.993. The van der Waals surface area contributed by atoms with Gasteiger partial charge in [-0.05, 0) is 132 Å². The first kappa shape index (κ1) is 52.3. The molecule has 0 saturated carbocycles. The number of nitrogens with one attached hydrogen (secondary N) is 2. The number of carbonyl (C=O) groups is 3. The van der Waals surface area contributed by atoms with E-state index in [0.29, 0.717) is 86.9 Å². The topological polar surface area (TPSA) is 190 Å². The van der Waals surface area contributed by atoms with Crippen molar-refractivity contribution in [3.8, 4) is 5.75 Å². The Kier molecular flexibility index (Phi) is 16.6. The second kappa shape index (κ2) is 23.8. The van der Waals surface area contributed by atoms with Crippen LogP contribution in [0.5, 0.6) is 5.75 Å². The highest BCUT2D eigenvalue weighted by atomic mass is 35.5. The van der Waals surface area contributed by atoms with E-state index in [2.05, 4.69) is 55.8 Å². The summed E-state index contributed by atoms with van der Waals surface area (Å²) in [4.78, 5) is 76.0. The Morgan fingerprint density at radius 1 is 0.840 bits per heavy atom. The van der Waals surface area contributed by atoms with Gasteiger partial charge in [-0.2, -0.15) is 0 Å². The summed E-state index contributed by atoms with van der Waals surface area (Å²) in [5.41, 5.74) is 10.6. The van der Waals surface area contributed by atoms with E-state index < -0.39 is 5.54 Å². The van der Waals surface area contributed by atoms with Crippen LogP contribution >= 0.6 is 11.6 Å². The summed E-state index contributed by atoms with van der Waals surface area (Å²) in [6, 6.07) is 21.2. The number of amides is 3. The van der Waals surface area contributed by atoms with Crippen LogP contribution in [-0.4, -0.2) is 183 Å². The number of carbonyl (C=O) groups excluding carboxylic acids is 3. The number of piperazine rings is 1. The lowest BCUT2D eigenvalue weighted by Gasteiger charge is -2.40. The maximum absolute atomic E-state index is 14.0. The van der Waals surface area contributed by atoms with Crippen LogP contribution in [0.15, 0.2) is 85.6 Å². The van der Waals surface area contributed by atoms with Crippen molar-refractivity contribution in [1.29, 1.82) is 0 Å². The molecule has 8 heterocycles. The number of nitrogens with zero attached hydrogens (tertiary/aromatic N) is 11. The van der Waals surface area contributed by atoms with Crippen LogP contribution < -0.4 is 20.7 Å². The maximum atomic E-state index is 14.0. The first-order valence-corrected chi connectivity index (χ1v) is 27.4. The van der Waals surface area contributed by atoms with Gasteiger partial charge in [-0.3, -0.25) is 24.2 Å². The zero-order valence-corrected chi connectivity index (χ0v) is 44.3. The van der Waals surface area contributed by atoms with Gasteiger partial charge in [-0.25, -0.2) is 19.9 Å². The van der Waals surface area contributed by atoms with E-state index in [1.807, 2.05) is 84.4 Å². The largest absolute Gasteiger partial charge is 0.492 e. The molecule has 0 aliphatic carbocycles. The number of fused-ring (bicyclic) bond motifs is 2. The number of likely N-dealkylation sites (tertiary alicyclic amines) is 2. The molecule has 398 valence electrons. The van der Waals surface area contributed by atoms with Gasteiger partial charge in [0, 0.05) is 82.2 Å². The predicted molar refractivity (Wildman–Crippen MR) is 292 cm³/mol. The number of hydrogen-bond donors (Lipinski definition) is 3. The molecule has 4 N–H and O–H groups in total. The third-order valence-corrected chi connectivity index (χ3v) is 16.4. The highest BCUT2D eigenvalue weighted by Crippen LogP contribution is 2.32. The number of aromatic nitrogens is 6. The summed E-state index contributed by atoms with van der Waals surface area (Å²) in [6.45, 7) is 11.0. The number of imidazole rings is 1. The Bertz CT molecular complexity index is 2880. The molecule has 4 saturated heterocycles. The van der Waals surface area contributed by atoms with Crippen molar-refractivity contribution in [2.24, 2.45) is 17.6 Å². The highest BCUT2D eigenvalue weighted by Gasteiger charge is 2.40. The first-order chi connectivity index (χ1) is 36.4. The quantitative estimate of drug-likeness (QED) is 0.0954. The predicted octanol–water partition coefficient (Wildman–Crippen LogP) is 5.69. The molecule has 4 aromatic heterocycles. The number of para-hydroxylation sites is 1. The average Bonchev–Trinajstić information content (AvgIpc) is 4.09. The van der Waals surface area contributed by atoms with Gasteiger partial charge >= 0.3 is 0 Å². The standard InChI is InChI=1S/C56H73ClN14O4/c1-65(2)33-34-75-49-6-4-3-5-43(49)36-71-39-62-47-13-14-48(63-53(47)71)54(73)70-31-29-67(30-32-70)35-41-16-23-66(24-17-41)37-50(72)68-25-18-40(19-26-68)7-12-46(42-8-10-44(57)11-9-42)64-55(74)56(58)20-27-69(28-21-56)52-45-15-22-59-51(45)60-38-61-52/h3-6,8-11,13-15,22,38-41,46H,7,12,16-21,23-37,58H2,1-2H3,(H,64,74)(H,59,60,61)/t46-/m0/s1. The van der Waals surface area contributed by atoms with Crippen molar-refractivity contribution in [3.63, 3.8) is 0 Å². The number of halogens is 1. The Balaban J connectivity index is 0.635. The summed E-state index contributed by atoms with van der Waals surface area (Å²) in [6.07, 6.45) is 12.0. The minimum absolute atomic E-state index is 0.0461. The van der Waals surface area contributed by atoms with Crippen molar-refractivity contribution in [2.45, 2.75) is 69.5 Å². The summed E-state index contributed by atoms with van der Waals surface area (Å²) in [7, 11) is 4.06. The van der Waals surface area contributed by atoms with Crippen molar-refractivity contribution in [3.05, 3.63) is 107 Å². The van der Waals surface area contributed by atoms with Gasteiger partial charge in [0.15, 0.2) is 5.65 Å². The number of nitrogens with two attached hydrogens (primary N) is 1. The fourth-order valence-electron chi connectivity index (χ4n) is 11.4. The third kappa shape index (κ3) is 12.7. The molecule has 18 nitrogen and oxygen atoms in total. The van der Waals surface area contributed by atoms with Crippen LogP contribution in [0.25, 0.3) is 22.2 Å². The van der Waals surface area contributed by atoms with Gasteiger partial charge in [0.05, 0.1) is 36.4 Å². The second-order valence-corrected chi connectivity index (χ2v) is 22.0. The van der Waals surface area contributed by atoms with Crippen molar-refractivity contribution in [1.82, 2.24) is 59.3 Å². The number of H-pyrrole nitrogens is 1. The molecule has 1 atom stereocenters. The zero-order chi connectivity index (χ0) is 51.9. The van der Waals surface area contributed by atoms with Crippen LogP contribution in [0.4, 0.5) is 5.82 Å². The molecule has 4 aliphatic heterocycles. The highest BCUT2D eigenvalue weighted by molar-refractivity contribution is 6.30. The van der Waals surface area contributed by atoms with Gasteiger partial charge in [0.1, 0.15) is 41.4 Å². The van der Waals surface area contributed by atoms with E-state index in [9.17, 15) is 14.4 Å². The third-order valence-electron chi connectivity index (χ3n) is 16.2. The summed E-state index contributed by atoms with van der Waals surface area (Å²) < 4.78 is 8.10. The molecule has 2 aromatic carbocycles. The maximum Gasteiger partial charge on any atom is 0.272 e. The summed E-state index contributed by atoms with van der Waals surface area (Å²) in [5.74, 6) is 2.77. The number of rotatable bonds is 18. The molecule has 4 fully saturated rings. The van der Waals surface area contributed by atoms with E-state index in [1.165, 1.54) is 0 Å². The Labute approximate surface area is 444 Å². The summed E-state index contributed by atoms with van der Waals surface area (Å²) >= 11 is 6.29. The number of pyridine rings is 1. The smallest absolute Gasteiger partial charge is 0.272 e. The van der Waals surface area contributed by atoms with E-state index in [-0.39, 0.29) is 23.8 Å². The van der Waals surface area contributed by atoms with E-state index in [1.54, 1.807) is 18.7 Å². The van der Waals surface area contributed by atoms with Gasteiger partial charge in [-0.1, -0.05) is 41.9 Å².